The Labute approximate surface area is 164 Å². The summed E-state index contributed by atoms with van der Waals surface area (Å²) < 4.78 is 10.7. The van der Waals surface area contributed by atoms with Crippen LogP contribution >= 0.6 is 0 Å². The fourth-order valence-electron chi connectivity index (χ4n) is 3.55. The van der Waals surface area contributed by atoms with Crippen LogP contribution in [0.1, 0.15) is 30.1 Å². The maximum atomic E-state index is 12.6. The lowest BCUT2D eigenvalue weighted by molar-refractivity contribution is -0.131. The zero-order valence-electron chi connectivity index (χ0n) is 15.9. The van der Waals surface area contributed by atoms with Crippen molar-refractivity contribution in [2.45, 2.75) is 25.2 Å². The number of nitrogens with zero attached hydrogens (tertiary/aromatic N) is 3. The van der Waals surface area contributed by atoms with Crippen LogP contribution in [-0.4, -0.2) is 41.1 Å². The van der Waals surface area contributed by atoms with Crippen molar-refractivity contribution in [3.63, 3.8) is 0 Å². The molecule has 2 heterocycles. The molecule has 1 fully saturated rings. The summed E-state index contributed by atoms with van der Waals surface area (Å²) >= 11 is 0. The molecule has 1 amide bonds. The fourth-order valence-corrected chi connectivity index (χ4v) is 3.55. The first-order valence-corrected chi connectivity index (χ1v) is 9.52. The van der Waals surface area contributed by atoms with Crippen molar-refractivity contribution in [3.05, 3.63) is 66.0 Å². The number of rotatable bonds is 5. The average Bonchev–Trinajstić information content (AvgIpc) is 3.25. The minimum atomic E-state index is 0.143. The van der Waals surface area contributed by atoms with Crippen LogP contribution in [0.15, 0.2) is 59.1 Å². The summed E-state index contributed by atoms with van der Waals surface area (Å²) in [5.74, 6) is 2.42. The molecule has 144 valence electrons. The van der Waals surface area contributed by atoms with Gasteiger partial charge in [-0.3, -0.25) is 4.79 Å². The largest absolute Gasteiger partial charge is 0.497 e. The number of ether oxygens (including phenoxy) is 1. The highest BCUT2D eigenvalue weighted by molar-refractivity contribution is 5.79. The molecule has 3 aromatic rings. The molecule has 1 saturated heterocycles. The predicted molar refractivity (Wildman–Crippen MR) is 105 cm³/mol. The number of piperidine rings is 1. The van der Waals surface area contributed by atoms with E-state index in [4.69, 9.17) is 9.26 Å². The Balaban J connectivity index is 1.34. The Morgan fingerprint density at radius 2 is 1.93 bits per heavy atom. The van der Waals surface area contributed by atoms with Gasteiger partial charge in [-0.15, -0.1) is 0 Å². The molecule has 2 aromatic carbocycles. The third kappa shape index (κ3) is 4.06. The van der Waals surface area contributed by atoms with Crippen molar-refractivity contribution in [3.8, 4) is 17.2 Å². The number of benzene rings is 2. The molecule has 4 rings (SSSR count). The first-order valence-electron chi connectivity index (χ1n) is 9.52. The number of hydrogen-bond acceptors (Lipinski definition) is 5. The zero-order chi connectivity index (χ0) is 19.3. The Morgan fingerprint density at radius 3 is 2.68 bits per heavy atom. The van der Waals surface area contributed by atoms with Crippen molar-refractivity contribution in [1.82, 2.24) is 15.0 Å². The first kappa shape index (κ1) is 18.2. The SMILES string of the molecule is COc1cccc(CC(=O)N2CCC(c3noc(-c4ccccc4)n3)CC2)c1. The summed E-state index contributed by atoms with van der Waals surface area (Å²) in [6, 6.07) is 17.4. The van der Waals surface area contributed by atoms with E-state index in [1.54, 1.807) is 7.11 Å². The van der Waals surface area contributed by atoms with Crippen molar-refractivity contribution in [2.75, 3.05) is 20.2 Å². The molecule has 1 aromatic heterocycles. The number of methoxy groups -OCH3 is 1. The van der Waals surface area contributed by atoms with Crippen LogP contribution in [-0.2, 0) is 11.2 Å². The van der Waals surface area contributed by atoms with Crippen LogP contribution in [0.4, 0.5) is 0 Å². The summed E-state index contributed by atoms with van der Waals surface area (Å²) in [5.41, 5.74) is 1.89. The van der Waals surface area contributed by atoms with E-state index < -0.39 is 0 Å². The predicted octanol–water partition coefficient (Wildman–Crippen LogP) is 3.69. The minimum Gasteiger partial charge on any atom is -0.497 e. The highest BCUT2D eigenvalue weighted by atomic mass is 16.5. The van der Waals surface area contributed by atoms with Crippen LogP contribution < -0.4 is 4.74 Å². The van der Waals surface area contributed by atoms with Gasteiger partial charge in [-0.2, -0.15) is 4.98 Å². The lowest BCUT2D eigenvalue weighted by Gasteiger charge is -2.30. The molecule has 0 aliphatic carbocycles. The molecule has 0 N–H and O–H groups in total. The molecule has 0 radical (unpaired) electrons. The summed E-state index contributed by atoms with van der Waals surface area (Å²) in [7, 11) is 1.63. The molecular formula is C22H23N3O3. The maximum absolute atomic E-state index is 12.6. The van der Waals surface area contributed by atoms with Gasteiger partial charge in [-0.1, -0.05) is 35.5 Å². The van der Waals surface area contributed by atoms with Gasteiger partial charge in [0.15, 0.2) is 5.82 Å². The number of aromatic nitrogens is 2. The van der Waals surface area contributed by atoms with Gasteiger partial charge in [0.2, 0.25) is 5.91 Å². The number of carbonyl (C=O) groups excluding carboxylic acids is 1. The van der Waals surface area contributed by atoms with Gasteiger partial charge >= 0.3 is 0 Å². The molecule has 0 atom stereocenters. The van der Waals surface area contributed by atoms with E-state index >= 15 is 0 Å². The second-order valence-electron chi connectivity index (χ2n) is 7.01. The molecule has 1 aliphatic heterocycles. The molecule has 0 spiro atoms. The van der Waals surface area contributed by atoms with E-state index in [9.17, 15) is 4.79 Å². The molecule has 6 heteroatoms. The Kier molecular flexibility index (Phi) is 5.37. The zero-order valence-corrected chi connectivity index (χ0v) is 15.9. The summed E-state index contributed by atoms with van der Waals surface area (Å²) in [6.07, 6.45) is 2.08. The molecule has 0 bridgehead atoms. The van der Waals surface area contributed by atoms with Gasteiger partial charge in [0.1, 0.15) is 5.75 Å². The molecule has 6 nitrogen and oxygen atoms in total. The average molecular weight is 377 g/mol. The molecule has 0 saturated carbocycles. The van der Waals surface area contributed by atoms with Crippen LogP contribution in [0.25, 0.3) is 11.5 Å². The minimum absolute atomic E-state index is 0.143. The van der Waals surface area contributed by atoms with Gasteiger partial charge in [0, 0.05) is 24.6 Å². The van der Waals surface area contributed by atoms with Crippen LogP contribution in [0.3, 0.4) is 0 Å². The maximum Gasteiger partial charge on any atom is 0.257 e. The summed E-state index contributed by atoms with van der Waals surface area (Å²) in [4.78, 5) is 19.1. The van der Waals surface area contributed by atoms with Crippen molar-refractivity contribution in [1.29, 1.82) is 0 Å². The number of likely N-dealkylation sites (tertiary alicyclic amines) is 1. The van der Waals surface area contributed by atoms with Gasteiger partial charge < -0.3 is 14.2 Å². The van der Waals surface area contributed by atoms with Crippen molar-refractivity contribution in [2.24, 2.45) is 0 Å². The molecule has 1 aliphatic rings. The van der Waals surface area contributed by atoms with E-state index in [0.29, 0.717) is 25.4 Å². The van der Waals surface area contributed by atoms with Crippen LogP contribution in [0.5, 0.6) is 5.75 Å². The monoisotopic (exact) mass is 377 g/mol. The fraction of sp³-hybridized carbons (Fsp3) is 0.318. The van der Waals surface area contributed by atoms with Crippen LogP contribution in [0, 0.1) is 0 Å². The topological polar surface area (TPSA) is 68.5 Å². The van der Waals surface area contributed by atoms with E-state index in [2.05, 4.69) is 10.1 Å². The smallest absolute Gasteiger partial charge is 0.257 e. The Bertz CT molecular complexity index is 931. The standard InChI is InChI=1S/C22H23N3O3/c1-27-19-9-5-6-16(14-19)15-20(26)25-12-10-17(11-13-25)21-23-22(28-24-21)18-7-3-2-4-8-18/h2-9,14,17H,10-13,15H2,1H3. The van der Waals surface area contributed by atoms with Gasteiger partial charge in [0.05, 0.1) is 13.5 Å². The van der Waals surface area contributed by atoms with Crippen LogP contribution in [0.2, 0.25) is 0 Å². The van der Waals surface area contributed by atoms with Crippen molar-refractivity contribution < 1.29 is 14.1 Å². The quantitative estimate of drug-likeness (QED) is 0.678. The number of amides is 1. The number of hydrogen-bond donors (Lipinski definition) is 0. The first-order chi connectivity index (χ1) is 13.7. The number of carbonyl (C=O) groups is 1. The third-order valence-corrected chi connectivity index (χ3v) is 5.16. The second-order valence-corrected chi connectivity index (χ2v) is 7.01. The Morgan fingerprint density at radius 1 is 1.14 bits per heavy atom. The van der Waals surface area contributed by atoms with Gasteiger partial charge in [0.25, 0.3) is 5.89 Å². The summed E-state index contributed by atoms with van der Waals surface area (Å²) in [5, 5.41) is 4.17. The lowest BCUT2D eigenvalue weighted by atomic mass is 9.95. The molecule has 28 heavy (non-hydrogen) atoms. The summed E-state index contributed by atoms with van der Waals surface area (Å²) in [6.45, 7) is 1.42. The Hall–Kier alpha value is -3.15. The molecular weight excluding hydrogens is 354 g/mol. The lowest BCUT2D eigenvalue weighted by Crippen LogP contribution is -2.39. The molecule has 0 unspecified atom stereocenters. The van der Waals surface area contributed by atoms with E-state index in [0.717, 1.165) is 35.5 Å². The van der Waals surface area contributed by atoms with E-state index in [-0.39, 0.29) is 11.8 Å². The van der Waals surface area contributed by atoms with E-state index in [1.165, 1.54) is 0 Å². The second kappa shape index (κ2) is 8.25. The van der Waals surface area contributed by atoms with E-state index in [1.807, 2.05) is 59.5 Å². The van der Waals surface area contributed by atoms with Crippen molar-refractivity contribution >= 4 is 5.91 Å². The van der Waals surface area contributed by atoms with Gasteiger partial charge in [-0.05, 0) is 42.7 Å². The normalized spacial score (nSPS) is 14.8. The third-order valence-electron chi connectivity index (χ3n) is 5.16. The van der Waals surface area contributed by atoms with Gasteiger partial charge in [-0.25, -0.2) is 0 Å². The highest BCUT2D eigenvalue weighted by Gasteiger charge is 2.27. The highest BCUT2D eigenvalue weighted by Crippen LogP contribution is 2.28.